The van der Waals surface area contributed by atoms with Gasteiger partial charge in [-0.1, -0.05) is 42.3 Å². The van der Waals surface area contributed by atoms with E-state index in [1.54, 1.807) is 0 Å². The average Bonchev–Trinajstić information content (AvgIpc) is 2.70. The second-order valence-electron chi connectivity index (χ2n) is 7.59. The van der Waals surface area contributed by atoms with Crippen molar-refractivity contribution in [3.63, 3.8) is 0 Å². The first kappa shape index (κ1) is 20.7. The molecule has 1 heterocycles. The summed E-state index contributed by atoms with van der Waals surface area (Å²) in [6.45, 7) is 7.77. The molecule has 1 amide bonds. The van der Waals surface area contributed by atoms with Gasteiger partial charge in [-0.3, -0.25) is 9.69 Å². The number of carbonyl (C=O) groups is 1. The third-order valence-electron chi connectivity index (χ3n) is 5.15. The highest BCUT2D eigenvalue weighted by atomic mass is 35.5. The maximum atomic E-state index is 12.1. The number of piperidine rings is 1. The summed E-state index contributed by atoms with van der Waals surface area (Å²) in [5, 5.41) is 3.65. The third kappa shape index (κ3) is 5.98. The summed E-state index contributed by atoms with van der Waals surface area (Å²) >= 11 is 6.16. The standard InChI is InChI=1S/C23H29ClN2O2/c1-17-12-21(13-18(2)23(17)24)28-16-22(27)25-14-19-6-8-20(9-7-19)15-26-10-4-3-5-11-26/h6-9,12-13H,3-5,10-11,14-16H2,1-2H3,(H,25,27). The quantitative estimate of drug-likeness (QED) is 0.736. The number of hydrogen-bond acceptors (Lipinski definition) is 3. The predicted molar refractivity (Wildman–Crippen MR) is 114 cm³/mol. The molecule has 0 atom stereocenters. The second-order valence-corrected chi connectivity index (χ2v) is 7.97. The van der Waals surface area contributed by atoms with Gasteiger partial charge >= 0.3 is 0 Å². The smallest absolute Gasteiger partial charge is 0.258 e. The van der Waals surface area contributed by atoms with Crippen molar-refractivity contribution < 1.29 is 9.53 Å². The Balaban J connectivity index is 1.42. The number of halogens is 1. The summed E-state index contributed by atoms with van der Waals surface area (Å²) < 4.78 is 5.60. The minimum atomic E-state index is -0.136. The van der Waals surface area contributed by atoms with Crippen molar-refractivity contribution in [2.75, 3.05) is 19.7 Å². The van der Waals surface area contributed by atoms with Gasteiger partial charge in [-0.05, 0) is 74.2 Å². The zero-order chi connectivity index (χ0) is 19.9. The van der Waals surface area contributed by atoms with Crippen molar-refractivity contribution in [3.8, 4) is 5.75 Å². The van der Waals surface area contributed by atoms with Crippen molar-refractivity contribution in [3.05, 3.63) is 63.7 Å². The Morgan fingerprint density at radius 2 is 1.64 bits per heavy atom. The predicted octanol–water partition coefficient (Wildman–Crippen LogP) is 4.64. The lowest BCUT2D eigenvalue weighted by Crippen LogP contribution is -2.29. The number of rotatable bonds is 7. The second kappa shape index (κ2) is 9.94. The van der Waals surface area contributed by atoms with Crippen molar-refractivity contribution >= 4 is 17.5 Å². The molecule has 2 aromatic rings. The van der Waals surface area contributed by atoms with Gasteiger partial charge in [0.1, 0.15) is 5.75 Å². The lowest BCUT2D eigenvalue weighted by atomic mass is 10.1. The number of likely N-dealkylation sites (tertiary alicyclic amines) is 1. The summed E-state index contributed by atoms with van der Waals surface area (Å²) in [4.78, 5) is 14.6. The van der Waals surface area contributed by atoms with Crippen LogP contribution < -0.4 is 10.1 Å². The maximum Gasteiger partial charge on any atom is 0.258 e. The minimum Gasteiger partial charge on any atom is -0.484 e. The molecular formula is C23H29ClN2O2. The Labute approximate surface area is 172 Å². The Kier molecular flexibility index (Phi) is 7.35. The fourth-order valence-electron chi connectivity index (χ4n) is 3.53. The number of hydrogen-bond donors (Lipinski definition) is 1. The summed E-state index contributed by atoms with van der Waals surface area (Å²) in [6, 6.07) is 12.2. The highest BCUT2D eigenvalue weighted by Gasteiger charge is 2.10. The number of ether oxygens (including phenoxy) is 1. The zero-order valence-electron chi connectivity index (χ0n) is 16.8. The Hall–Kier alpha value is -2.04. The number of benzene rings is 2. The highest BCUT2D eigenvalue weighted by Crippen LogP contribution is 2.25. The molecule has 1 aliphatic rings. The molecule has 2 aromatic carbocycles. The van der Waals surface area contributed by atoms with Gasteiger partial charge in [0.2, 0.25) is 0 Å². The summed E-state index contributed by atoms with van der Waals surface area (Å²) in [5.41, 5.74) is 4.31. The molecule has 0 aliphatic carbocycles. The van der Waals surface area contributed by atoms with E-state index in [2.05, 4.69) is 34.5 Å². The average molecular weight is 401 g/mol. The topological polar surface area (TPSA) is 41.6 Å². The van der Waals surface area contributed by atoms with Crippen molar-refractivity contribution in [2.45, 2.75) is 46.2 Å². The fraction of sp³-hybridized carbons (Fsp3) is 0.435. The fourth-order valence-corrected chi connectivity index (χ4v) is 3.64. The lowest BCUT2D eigenvalue weighted by molar-refractivity contribution is -0.123. The van der Waals surface area contributed by atoms with Gasteiger partial charge in [0.05, 0.1) is 0 Å². The van der Waals surface area contributed by atoms with Crippen LogP contribution in [-0.2, 0) is 17.9 Å². The van der Waals surface area contributed by atoms with Crippen LogP contribution in [0, 0.1) is 13.8 Å². The number of nitrogens with one attached hydrogen (secondary N) is 1. The molecule has 0 bridgehead atoms. The molecule has 1 N–H and O–H groups in total. The first-order valence-corrected chi connectivity index (χ1v) is 10.4. The van der Waals surface area contributed by atoms with Gasteiger partial charge in [0.15, 0.2) is 6.61 Å². The summed E-state index contributed by atoms with van der Waals surface area (Å²) in [6.07, 6.45) is 3.97. The van der Waals surface area contributed by atoms with E-state index in [9.17, 15) is 4.79 Å². The molecule has 0 saturated carbocycles. The van der Waals surface area contributed by atoms with Crippen LogP contribution in [0.2, 0.25) is 5.02 Å². The van der Waals surface area contributed by atoms with Crippen LogP contribution in [0.15, 0.2) is 36.4 Å². The number of amides is 1. The molecule has 1 saturated heterocycles. The van der Waals surface area contributed by atoms with Gasteiger partial charge in [0.25, 0.3) is 5.91 Å². The van der Waals surface area contributed by atoms with Gasteiger partial charge in [-0.15, -0.1) is 0 Å². The van der Waals surface area contributed by atoms with E-state index in [1.165, 1.54) is 37.9 Å². The Bertz CT molecular complexity index is 776. The van der Waals surface area contributed by atoms with E-state index < -0.39 is 0 Å². The van der Waals surface area contributed by atoms with Crippen molar-refractivity contribution in [1.82, 2.24) is 10.2 Å². The Morgan fingerprint density at radius 1 is 1.04 bits per heavy atom. The van der Waals surface area contributed by atoms with Gasteiger partial charge in [-0.2, -0.15) is 0 Å². The number of carbonyl (C=O) groups excluding carboxylic acids is 1. The SMILES string of the molecule is Cc1cc(OCC(=O)NCc2ccc(CN3CCCCC3)cc2)cc(C)c1Cl. The molecule has 0 radical (unpaired) electrons. The first-order chi connectivity index (χ1) is 13.5. The van der Waals surface area contributed by atoms with Gasteiger partial charge in [-0.25, -0.2) is 0 Å². The molecule has 0 spiro atoms. The van der Waals surface area contributed by atoms with Gasteiger partial charge < -0.3 is 10.1 Å². The molecule has 3 rings (SSSR count). The first-order valence-electron chi connectivity index (χ1n) is 9.97. The molecule has 5 heteroatoms. The lowest BCUT2D eigenvalue weighted by Gasteiger charge is -2.26. The molecule has 1 aliphatic heterocycles. The van der Waals surface area contributed by atoms with Crippen LogP contribution in [0.4, 0.5) is 0 Å². The highest BCUT2D eigenvalue weighted by molar-refractivity contribution is 6.32. The van der Waals surface area contributed by atoms with Crippen LogP contribution in [0.25, 0.3) is 0 Å². The molecule has 4 nitrogen and oxygen atoms in total. The Morgan fingerprint density at radius 3 is 2.29 bits per heavy atom. The van der Waals surface area contributed by atoms with E-state index in [-0.39, 0.29) is 12.5 Å². The summed E-state index contributed by atoms with van der Waals surface area (Å²) in [7, 11) is 0. The van der Waals surface area contributed by atoms with Crippen LogP contribution in [-0.4, -0.2) is 30.5 Å². The van der Waals surface area contributed by atoms with E-state index in [0.717, 1.165) is 28.3 Å². The molecule has 150 valence electrons. The minimum absolute atomic E-state index is 0.00639. The van der Waals surface area contributed by atoms with Crippen LogP contribution in [0.1, 0.15) is 41.5 Å². The molecule has 0 aromatic heterocycles. The van der Waals surface area contributed by atoms with Crippen LogP contribution in [0.3, 0.4) is 0 Å². The maximum absolute atomic E-state index is 12.1. The van der Waals surface area contributed by atoms with Crippen molar-refractivity contribution in [2.24, 2.45) is 0 Å². The van der Waals surface area contributed by atoms with Crippen molar-refractivity contribution in [1.29, 1.82) is 0 Å². The monoisotopic (exact) mass is 400 g/mol. The normalized spacial score (nSPS) is 14.7. The molecular weight excluding hydrogens is 372 g/mol. The molecule has 28 heavy (non-hydrogen) atoms. The van der Waals surface area contributed by atoms with E-state index >= 15 is 0 Å². The van der Waals surface area contributed by atoms with E-state index in [1.807, 2.05) is 26.0 Å². The van der Waals surface area contributed by atoms with Crippen LogP contribution >= 0.6 is 11.6 Å². The molecule has 1 fully saturated rings. The summed E-state index contributed by atoms with van der Waals surface area (Å²) in [5.74, 6) is 0.527. The van der Waals surface area contributed by atoms with Crippen LogP contribution in [0.5, 0.6) is 5.75 Å². The number of nitrogens with zero attached hydrogens (tertiary/aromatic N) is 1. The zero-order valence-corrected chi connectivity index (χ0v) is 17.5. The third-order valence-corrected chi connectivity index (χ3v) is 5.74. The number of aryl methyl sites for hydroxylation is 2. The van der Waals surface area contributed by atoms with E-state index in [4.69, 9.17) is 16.3 Å². The molecule has 0 unspecified atom stereocenters. The largest absolute Gasteiger partial charge is 0.484 e. The van der Waals surface area contributed by atoms with Gasteiger partial charge in [0, 0.05) is 18.1 Å². The van der Waals surface area contributed by atoms with E-state index in [0.29, 0.717) is 12.3 Å².